The molecule has 1 aromatic heterocycles. The SMILES string of the molecule is O=C1CCC(CNC(=O)c2cccc3cccnc23)N(Cc2ccccc2-c2ccccc2)C1. The minimum Gasteiger partial charge on any atom is -0.350 e. The van der Waals surface area contributed by atoms with Gasteiger partial charge in [-0.3, -0.25) is 19.5 Å². The summed E-state index contributed by atoms with van der Waals surface area (Å²) in [5, 5.41) is 4.05. The van der Waals surface area contributed by atoms with Crippen LogP contribution in [0.2, 0.25) is 0 Å². The number of fused-ring (bicyclic) bond motifs is 1. The predicted octanol–water partition coefficient (Wildman–Crippen LogP) is 4.87. The summed E-state index contributed by atoms with van der Waals surface area (Å²) in [6.07, 6.45) is 2.99. The maximum Gasteiger partial charge on any atom is 0.253 e. The minimum atomic E-state index is -0.133. The number of nitrogens with zero attached hydrogens (tertiary/aromatic N) is 2. The lowest BCUT2D eigenvalue weighted by molar-refractivity contribution is -0.123. The average Bonchev–Trinajstić information content (AvgIpc) is 2.88. The summed E-state index contributed by atoms with van der Waals surface area (Å²) in [5.41, 5.74) is 4.79. The molecule has 1 unspecified atom stereocenters. The highest BCUT2D eigenvalue weighted by Gasteiger charge is 2.28. The van der Waals surface area contributed by atoms with E-state index in [1.807, 2.05) is 60.7 Å². The number of pyridine rings is 1. The summed E-state index contributed by atoms with van der Waals surface area (Å²) < 4.78 is 0. The van der Waals surface area contributed by atoms with Gasteiger partial charge in [0.2, 0.25) is 0 Å². The molecule has 0 spiro atoms. The smallest absolute Gasteiger partial charge is 0.253 e. The number of rotatable bonds is 6. The van der Waals surface area contributed by atoms with Crippen molar-refractivity contribution in [3.8, 4) is 11.1 Å². The Kier molecular flexibility index (Phi) is 6.45. The van der Waals surface area contributed by atoms with Crippen molar-refractivity contribution >= 4 is 22.6 Å². The number of para-hydroxylation sites is 1. The molecular weight excluding hydrogens is 422 g/mol. The van der Waals surface area contributed by atoms with Gasteiger partial charge in [-0.15, -0.1) is 0 Å². The number of carbonyl (C=O) groups is 2. The van der Waals surface area contributed by atoms with E-state index in [0.717, 1.165) is 17.4 Å². The fourth-order valence-electron chi connectivity index (χ4n) is 4.73. The minimum absolute atomic E-state index is 0.0911. The van der Waals surface area contributed by atoms with Gasteiger partial charge in [-0.2, -0.15) is 0 Å². The first-order valence-corrected chi connectivity index (χ1v) is 11.7. The van der Waals surface area contributed by atoms with Crippen molar-refractivity contribution < 1.29 is 9.59 Å². The van der Waals surface area contributed by atoms with Crippen LogP contribution in [0.15, 0.2) is 91.1 Å². The molecule has 0 saturated carbocycles. The first kappa shape index (κ1) is 22.0. The number of piperidine rings is 1. The zero-order valence-corrected chi connectivity index (χ0v) is 19.0. The average molecular weight is 450 g/mol. The number of carbonyl (C=O) groups excluding carboxylic acids is 2. The van der Waals surface area contributed by atoms with Crippen molar-refractivity contribution in [3.05, 3.63) is 102 Å². The summed E-state index contributed by atoms with van der Waals surface area (Å²) in [7, 11) is 0. The molecule has 1 atom stereocenters. The van der Waals surface area contributed by atoms with Crippen LogP contribution in [0.1, 0.15) is 28.8 Å². The zero-order chi connectivity index (χ0) is 23.3. The second kappa shape index (κ2) is 9.98. The van der Waals surface area contributed by atoms with Gasteiger partial charge in [0.25, 0.3) is 5.91 Å². The molecule has 1 aliphatic rings. The first-order valence-electron chi connectivity index (χ1n) is 11.7. The second-order valence-corrected chi connectivity index (χ2v) is 8.75. The van der Waals surface area contributed by atoms with Crippen LogP contribution in [0.4, 0.5) is 0 Å². The number of hydrogen-bond acceptors (Lipinski definition) is 4. The van der Waals surface area contributed by atoms with Gasteiger partial charge in [0.1, 0.15) is 5.78 Å². The van der Waals surface area contributed by atoms with Gasteiger partial charge in [0.15, 0.2) is 0 Å². The molecule has 5 rings (SSSR count). The van der Waals surface area contributed by atoms with E-state index < -0.39 is 0 Å². The van der Waals surface area contributed by atoms with Crippen molar-refractivity contribution in [2.75, 3.05) is 13.1 Å². The lowest BCUT2D eigenvalue weighted by Crippen LogP contribution is -2.49. The van der Waals surface area contributed by atoms with E-state index in [1.165, 1.54) is 11.1 Å². The Morgan fingerprint density at radius 1 is 0.941 bits per heavy atom. The summed E-state index contributed by atoms with van der Waals surface area (Å²) in [5.74, 6) is 0.115. The molecule has 1 aliphatic heterocycles. The molecule has 5 nitrogen and oxygen atoms in total. The van der Waals surface area contributed by atoms with E-state index in [2.05, 4.69) is 39.5 Å². The van der Waals surface area contributed by atoms with Crippen molar-refractivity contribution in [3.63, 3.8) is 0 Å². The Labute approximate surface area is 199 Å². The largest absolute Gasteiger partial charge is 0.350 e. The van der Waals surface area contributed by atoms with Crippen molar-refractivity contribution in [2.45, 2.75) is 25.4 Å². The molecule has 0 aliphatic carbocycles. The number of likely N-dealkylation sites (tertiary alicyclic amines) is 1. The standard InChI is InChI=1S/C29H27N3O2/c33-25-16-15-24(18-31-29(34)27-14-6-11-22-12-7-17-30-28(22)27)32(20-25)19-23-10-4-5-13-26(23)21-8-2-1-3-9-21/h1-14,17,24H,15-16,18-20H2,(H,31,34). The predicted molar refractivity (Wildman–Crippen MR) is 134 cm³/mol. The Bertz CT molecular complexity index is 1310. The molecule has 3 aromatic carbocycles. The van der Waals surface area contributed by atoms with E-state index in [-0.39, 0.29) is 17.7 Å². The van der Waals surface area contributed by atoms with Crippen molar-refractivity contribution in [1.29, 1.82) is 0 Å². The first-order chi connectivity index (χ1) is 16.7. The Balaban J connectivity index is 1.33. The fourth-order valence-corrected chi connectivity index (χ4v) is 4.73. The van der Waals surface area contributed by atoms with Crippen LogP contribution >= 0.6 is 0 Å². The van der Waals surface area contributed by atoms with Gasteiger partial charge in [0.05, 0.1) is 17.6 Å². The van der Waals surface area contributed by atoms with E-state index in [1.54, 1.807) is 6.20 Å². The van der Waals surface area contributed by atoms with Gasteiger partial charge in [-0.25, -0.2) is 0 Å². The quantitative estimate of drug-likeness (QED) is 0.456. The van der Waals surface area contributed by atoms with Gasteiger partial charge >= 0.3 is 0 Å². The highest BCUT2D eigenvalue weighted by atomic mass is 16.1. The molecular formula is C29H27N3O2. The van der Waals surface area contributed by atoms with E-state index >= 15 is 0 Å². The van der Waals surface area contributed by atoms with E-state index in [9.17, 15) is 9.59 Å². The van der Waals surface area contributed by atoms with Gasteiger partial charge in [0, 0.05) is 37.1 Å². The van der Waals surface area contributed by atoms with Crippen LogP contribution in [-0.2, 0) is 11.3 Å². The fraction of sp³-hybridized carbons (Fsp3) is 0.207. The normalized spacial score (nSPS) is 16.5. The molecule has 1 N–H and O–H groups in total. The lowest BCUT2D eigenvalue weighted by Gasteiger charge is -2.35. The van der Waals surface area contributed by atoms with E-state index in [4.69, 9.17) is 0 Å². The molecule has 0 bridgehead atoms. The summed E-state index contributed by atoms with van der Waals surface area (Å²) in [6.45, 7) is 1.55. The molecule has 1 fully saturated rings. The number of Topliss-reactive ketones (excluding diaryl/α,β-unsaturated/α-hetero) is 1. The van der Waals surface area contributed by atoms with Gasteiger partial charge in [-0.05, 0) is 35.2 Å². The van der Waals surface area contributed by atoms with Crippen LogP contribution in [0, 0.1) is 0 Å². The van der Waals surface area contributed by atoms with Crippen LogP contribution in [0.5, 0.6) is 0 Å². The van der Waals surface area contributed by atoms with E-state index in [0.29, 0.717) is 37.1 Å². The maximum atomic E-state index is 13.0. The molecule has 5 heteroatoms. The molecule has 2 heterocycles. The van der Waals surface area contributed by atoms with Gasteiger partial charge < -0.3 is 5.32 Å². The highest BCUT2D eigenvalue weighted by molar-refractivity contribution is 6.05. The number of ketones is 1. The second-order valence-electron chi connectivity index (χ2n) is 8.75. The molecule has 1 saturated heterocycles. The molecule has 34 heavy (non-hydrogen) atoms. The Morgan fingerprint density at radius 3 is 2.62 bits per heavy atom. The Hall–Kier alpha value is -3.83. The summed E-state index contributed by atoms with van der Waals surface area (Å²) >= 11 is 0. The topological polar surface area (TPSA) is 62.3 Å². The maximum absolute atomic E-state index is 13.0. The highest BCUT2D eigenvalue weighted by Crippen LogP contribution is 2.27. The van der Waals surface area contributed by atoms with Crippen LogP contribution in [0.3, 0.4) is 0 Å². The third-order valence-corrected chi connectivity index (χ3v) is 6.50. The zero-order valence-electron chi connectivity index (χ0n) is 19.0. The van der Waals surface area contributed by atoms with Crippen molar-refractivity contribution in [2.24, 2.45) is 0 Å². The summed E-state index contributed by atoms with van der Waals surface area (Å²) in [6, 6.07) is 28.2. The third-order valence-electron chi connectivity index (χ3n) is 6.50. The monoisotopic (exact) mass is 449 g/mol. The number of nitrogens with one attached hydrogen (secondary N) is 1. The molecule has 1 amide bonds. The number of benzene rings is 3. The van der Waals surface area contributed by atoms with Crippen LogP contribution < -0.4 is 5.32 Å². The van der Waals surface area contributed by atoms with Crippen molar-refractivity contribution in [1.82, 2.24) is 15.2 Å². The third kappa shape index (κ3) is 4.75. The molecule has 4 aromatic rings. The number of hydrogen-bond donors (Lipinski definition) is 1. The van der Waals surface area contributed by atoms with Crippen LogP contribution in [0.25, 0.3) is 22.0 Å². The number of amides is 1. The molecule has 170 valence electrons. The summed E-state index contributed by atoms with van der Waals surface area (Å²) in [4.78, 5) is 32.0. The molecule has 0 radical (unpaired) electrons. The van der Waals surface area contributed by atoms with Gasteiger partial charge in [-0.1, -0.05) is 72.8 Å². The van der Waals surface area contributed by atoms with Crippen LogP contribution in [-0.4, -0.2) is 40.7 Å². The number of aromatic nitrogens is 1. The lowest BCUT2D eigenvalue weighted by atomic mass is 9.96. The Morgan fingerprint density at radius 2 is 1.74 bits per heavy atom.